The quantitative estimate of drug-likeness (QED) is 0.562. The van der Waals surface area contributed by atoms with Gasteiger partial charge in [0.2, 0.25) is 0 Å². The second kappa shape index (κ2) is 7.12. The van der Waals surface area contributed by atoms with Gasteiger partial charge in [0.05, 0.1) is 24.0 Å². The highest BCUT2D eigenvalue weighted by molar-refractivity contribution is 6.06. The molecule has 2 heterocycles. The van der Waals surface area contributed by atoms with Gasteiger partial charge in [-0.05, 0) is 55.2 Å². The summed E-state index contributed by atoms with van der Waals surface area (Å²) in [5, 5.41) is 13.3. The van der Waals surface area contributed by atoms with E-state index in [0.717, 1.165) is 41.4 Å². The molecule has 0 unspecified atom stereocenters. The number of phenols is 1. The van der Waals surface area contributed by atoms with E-state index in [4.69, 9.17) is 4.42 Å². The average Bonchev–Trinajstić information content (AvgIpc) is 2.93. The summed E-state index contributed by atoms with van der Waals surface area (Å²) in [6.07, 6.45) is 5.75. The second-order valence-corrected chi connectivity index (χ2v) is 7.37. The zero-order chi connectivity index (χ0) is 18.1. The van der Waals surface area contributed by atoms with Crippen molar-refractivity contribution in [3.8, 4) is 5.75 Å². The monoisotopic (exact) mass is 352 g/mol. The number of rotatable bonds is 3. The third-order valence-electron chi connectivity index (χ3n) is 5.68. The van der Waals surface area contributed by atoms with Gasteiger partial charge in [-0.1, -0.05) is 25.1 Å². The molecule has 0 aliphatic carbocycles. The van der Waals surface area contributed by atoms with E-state index in [1.54, 1.807) is 6.07 Å². The number of aryl methyl sites for hydroxylation is 1. The fourth-order valence-electron chi connectivity index (χ4n) is 4.22. The van der Waals surface area contributed by atoms with E-state index >= 15 is 0 Å². The molecule has 1 fully saturated rings. The minimum atomic E-state index is -0.330. The van der Waals surface area contributed by atoms with Gasteiger partial charge in [-0.15, -0.1) is 0 Å². The zero-order valence-corrected chi connectivity index (χ0v) is 15.3. The Morgan fingerprint density at radius 1 is 1.04 bits per heavy atom. The molecule has 0 saturated carbocycles. The average molecular weight is 352 g/mol. The molecule has 1 aliphatic heterocycles. The van der Waals surface area contributed by atoms with Gasteiger partial charge in [0.1, 0.15) is 12.3 Å². The van der Waals surface area contributed by atoms with Gasteiger partial charge in [0.25, 0.3) is 0 Å². The van der Waals surface area contributed by atoms with Crippen LogP contribution in [-0.2, 0) is 13.0 Å². The Morgan fingerprint density at radius 2 is 1.73 bits per heavy atom. The normalized spacial score (nSPS) is 16.2. The molecule has 0 radical (unpaired) electrons. The lowest BCUT2D eigenvalue weighted by molar-refractivity contribution is -0.913. The Morgan fingerprint density at radius 3 is 2.42 bits per heavy atom. The molecule has 0 spiro atoms. The Labute approximate surface area is 153 Å². The largest absolute Gasteiger partial charge is 0.507 e. The number of aromatic hydroxyl groups is 1. The van der Waals surface area contributed by atoms with Crippen LogP contribution in [0.5, 0.6) is 5.75 Å². The molecule has 3 aromatic rings. The Kier molecular flexibility index (Phi) is 4.68. The van der Waals surface area contributed by atoms with E-state index in [1.807, 2.05) is 31.2 Å². The van der Waals surface area contributed by atoms with Crippen LogP contribution in [0.3, 0.4) is 0 Å². The van der Waals surface area contributed by atoms with Crippen molar-refractivity contribution < 1.29 is 14.4 Å². The second-order valence-electron chi connectivity index (χ2n) is 7.37. The molecule has 136 valence electrons. The van der Waals surface area contributed by atoms with E-state index in [9.17, 15) is 9.90 Å². The van der Waals surface area contributed by atoms with E-state index in [-0.39, 0.29) is 5.63 Å². The molecule has 0 amide bonds. The maximum Gasteiger partial charge on any atom is 0.344 e. The summed E-state index contributed by atoms with van der Waals surface area (Å²) < 4.78 is 5.73. The summed E-state index contributed by atoms with van der Waals surface area (Å²) in [6, 6.07) is 9.55. The molecule has 1 aliphatic rings. The molecule has 26 heavy (non-hydrogen) atoms. The summed E-state index contributed by atoms with van der Waals surface area (Å²) in [4.78, 5) is 14.0. The van der Waals surface area contributed by atoms with Gasteiger partial charge < -0.3 is 14.4 Å². The van der Waals surface area contributed by atoms with E-state index in [1.165, 1.54) is 30.6 Å². The van der Waals surface area contributed by atoms with Crippen LogP contribution in [0.4, 0.5) is 0 Å². The number of phenolic OH excluding ortho intramolecular Hbond substituents is 1. The summed E-state index contributed by atoms with van der Waals surface area (Å²) >= 11 is 0. The summed E-state index contributed by atoms with van der Waals surface area (Å²) in [5.74, 6) is 0.301. The maximum absolute atomic E-state index is 12.5. The third kappa shape index (κ3) is 2.99. The Hall–Kier alpha value is -2.33. The van der Waals surface area contributed by atoms with E-state index in [0.29, 0.717) is 23.3 Å². The summed E-state index contributed by atoms with van der Waals surface area (Å²) in [5.41, 5.74) is 1.93. The van der Waals surface area contributed by atoms with Crippen molar-refractivity contribution in [3.05, 3.63) is 51.9 Å². The first-order valence-electron chi connectivity index (χ1n) is 9.72. The van der Waals surface area contributed by atoms with Crippen LogP contribution < -0.4 is 10.5 Å². The first-order chi connectivity index (χ1) is 12.7. The molecular formula is C22H26NO3+. The molecule has 2 N–H and O–H groups in total. The van der Waals surface area contributed by atoms with Crippen LogP contribution in [0, 0.1) is 0 Å². The lowest BCUT2D eigenvalue weighted by Gasteiger charge is -2.19. The fraction of sp³-hybridized carbons (Fsp3) is 0.409. The predicted molar refractivity (Wildman–Crippen MR) is 104 cm³/mol. The molecule has 0 atom stereocenters. The standard InChI is InChI=1S/C22H25NO3/c1-2-15-13-18-16-9-5-6-10-17(16)22(25)26-21(18)19(20(15)24)14-23-11-7-3-4-8-12-23/h5-6,9-10,13,24H,2-4,7-8,11-12,14H2,1H3/p+1. The lowest BCUT2D eigenvalue weighted by Crippen LogP contribution is -3.10. The number of benzene rings is 2. The lowest BCUT2D eigenvalue weighted by atomic mass is 9.98. The fourth-order valence-corrected chi connectivity index (χ4v) is 4.22. The molecule has 4 nitrogen and oxygen atoms in total. The topological polar surface area (TPSA) is 54.9 Å². The number of quaternary nitrogens is 1. The molecule has 2 aromatic carbocycles. The van der Waals surface area contributed by atoms with E-state index < -0.39 is 0 Å². The number of hydrogen-bond acceptors (Lipinski definition) is 3. The smallest absolute Gasteiger partial charge is 0.344 e. The van der Waals surface area contributed by atoms with Crippen LogP contribution >= 0.6 is 0 Å². The van der Waals surface area contributed by atoms with Gasteiger partial charge in [-0.2, -0.15) is 0 Å². The zero-order valence-electron chi connectivity index (χ0n) is 15.3. The van der Waals surface area contributed by atoms with Gasteiger partial charge in [0.15, 0.2) is 5.58 Å². The first kappa shape index (κ1) is 17.1. The van der Waals surface area contributed by atoms with Crippen molar-refractivity contribution >= 4 is 21.7 Å². The van der Waals surface area contributed by atoms with Gasteiger partial charge in [0, 0.05) is 5.39 Å². The number of likely N-dealkylation sites (tertiary alicyclic amines) is 1. The van der Waals surface area contributed by atoms with Crippen LogP contribution in [0.1, 0.15) is 43.7 Å². The predicted octanol–water partition coefficient (Wildman–Crippen LogP) is 3.17. The number of hydrogen-bond donors (Lipinski definition) is 2. The molecular weight excluding hydrogens is 326 g/mol. The minimum absolute atomic E-state index is 0.301. The number of fused-ring (bicyclic) bond motifs is 3. The molecule has 1 aromatic heterocycles. The van der Waals surface area contributed by atoms with E-state index in [2.05, 4.69) is 0 Å². The van der Waals surface area contributed by atoms with Crippen molar-refractivity contribution in [2.75, 3.05) is 13.1 Å². The Bertz CT molecular complexity index is 998. The van der Waals surface area contributed by atoms with Crippen LogP contribution in [0.25, 0.3) is 21.7 Å². The summed E-state index contributed by atoms with van der Waals surface area (Å²) in [6.45, 7) is 4.96. The molecule has 4 heteroatoms. The van der Waals surface area contributed by atoms with Crippen LogP contribution in [0.15, 0.2) is 39.5 Å². The molecule has 4 rings (SSSR count). The van der Waals surface area contributed by atoms with Crippen LogP contribution in [-0.4, -0.2) is 18.2 Å². The number of nitrogens with one attached hydrogen (secondary N) is 1. The Balaban J connectivity index is 1.94. The summed E-state index contributed by atoms with van der Waals surface area (Å²) in [7, 11) is 0. The highest BCUT2D eigenvalue weighted by atomic mass is 16.4. The van der Waals surface area contributed by atoms with Crippen LogP contribution in [0.2, 0.25) is 0 Å². The van der Waals surface area contributed by atoms with Crippen molar-refractivity contribution in [2.45, 2.75) is 45.6 Å². The maximum atomic E-state index is 12.5. The minimum Gasteiger partial charge on any atom is -0.507 e. The first-order valence-corrected chi connectivity index (χ1v) is 9.72. The van der Waals surface area contributed by atoms with Crippen molar-refractivity contribution in [1.82, 2.24) is 0 Å². The van der Waals surface area contributed by atoms with Crippen molar-refractivity contribution in [3.63, 3.8) is 0 Å². The van der Waals surface area contributed by atoms with Crippen molar-refractivity contribution in [1.29, 1.82) is 0 Å². The highest BCUT2D eigenvalue weighted by Gasteiger charge is 2.22. The highest BCUT2D eigenvalue weighted by Crippen LogP contribution is 2.34. The van der Waals surface area contributed by atoms with Gasteiger partial charge in [-0.3, -0.25) is 0 Å². The molecule has 0 bridgehead atoms. The molecule has 1 saturated heterocycles. The van der Waals surface area contributed by atoms with Gasteiger partial charge in [-0.25, -0.2) is 4.79 Å². The third-order valence-corrected chi connectivity index (χ3v) is 5.68. The van der Waals surface area contributed by atoms with Gasteiger partial charge >= 0.3 is 5.63 Å². The van der Waals surface area contributed by atoms with Crippen molar-refractivity contribution in [2.24, 2.45) is 0 Å². The SMILES string of the molecule is CCc1cc2c(oc(=O)c3ccccc32)c(C[NH+]2CCCCCC2)c1O.